The van der Waals surface area contributed by atoms with E-state index in [1.165, 1.54) is 13.2 Å². The molecule has 1 N–H and O–H groups in total. The molecule has 1 rings (SSSR count). The van der Waals surface area contributed by atoms with Crippen LogP contribution in [0, 0.1) is 0 Å². The van der Waals surface area contributed by atoms with Crippen molar-refractivity contribution < 1.29 is 14.6 Å². The average Bonchev–Trinajstić information content (AvgIpc) is 2.05. The highest BCUT2D eigenvalue weighted by atomic mass is 16.6. The van der Waals surface area contributed by atoms with Crippen molar-refractivity contribution in [1.82, 2.24) is 0 Å². The molecule has 0 aliphatic heterocycles. The molecule has 0 heterocycles. The van der Waals surface area contributed by atoms with E-state index in [-0.39, 0.29) is 6.42 Å². The smallest absolute Gasteiger partial charge is 0.229 e. The van der Waals surface area contributed by atoms with Gasteiger partial charge in [0.05, 0.1) is 0 Å². The van der Waals surface area contributed by atoms with Gasteiger partial charge in [0, 0.05) is 19.1 Å². The predicted molar refractivity (Wildman–Crippen MR) is 39.5 cm³/mol. The molecule has 0 bridgehead atoms. The van der Waals surface area contributed by atoms with E-state index in [1.54, 1.807) is 18.4 Å². The Morgan fingerprint density at radius 2 is 2.55 bits per heavy atom. The quantitative estimate of drug-likeness (QED) is 0.581. The maximum Gasteiger partial charge on any atom is 0.229 e. The van der Waals surface area contributed by atoms with Gasteiger partial charge in [0.1, 0.15) is 0 Å². The van der Waals surface area contributed by atoms with Gasteiger partial charge in [0.15, 0.2) is 5.79 Å². The van der Waals surface area contributed by atoms with Crippen LogP contribution in [0.2, 0.25) is 0 Å². The monoisotopic (exact) mass is 153 g/mol. The van der Waals surface area contributed by atoms with Crippen molar-refractivity contribution in [1.29, 1.82) is 0 Å². The number of aliphatic hydroxyl groups is 1. The van der Waals surface area contributed by atoms with Gasteiger partial charge in [-0.2, -0.15) is 0 Å². The lowest BCUT2D eigenvalue weighted by Crippen LogP contribution is -2.30. The van der Waals surface area contributed by atoms with E-state index in [0.29, 0.717) is 5.57 Å². The fourth-order valence-electron chi connectivity index (χ4n) is 0.916. The van der Waals surface area contributed by atoms with E-state index in [1.807, 2.05) is 0 Å². The molecule has 1 aliphatic carbocycles. The average molecular weight is 153 g/mol. The molecule has 0 aromatic carbocycles. The largest absolute Gasteiger partial charge is 0.362 e. The first kappa shape index (κ1) is 8.17. The fraction of sp³-hybridized carbons (Fsp3) is 0.375. The molecular formula is C8H9O3. The Hall–Kier alpha value is -0.930. The minimum Gasteiger partial charge on any atom is -0.362 e. The van der Waals surface area contributed by atoms with Crippen LogP contribution in [0.1, 0.15) is 6.42 Å². The molecule has 1 atom stereocenters. The molecule has 3 heteroatoms. The fourth-order valence-corrected chi connectivity index (χ4v) is 0.916. The van der Waals surface area contributed by atoms with Crippen LogP contribution in [0.25, 0.3) is 0 Å². The molecule has 0 aromatic rings. The third kappa shape index (κ3) is 1.76. The summed E-state index contributed by atoms with van der Waals surface area (Å²) in [6, 6.07) is 0. The lowest BCUT2D eigenvalue weighted by atomic mass is 10.0. The molecular weight excluding hydrogens is 144 g/mol. The van der Waals surface area contributed by atoms with Gasteiger partial charge in [-0.1, -0.05) is 12.2 Å². The zero-order valence-corrected chi connectivity index (χ0v) is 6.20. The zero-order chi connectivity index (χ0) is 8.32. The molecule has 0 saturated carbocycles. The molecule has 0 spiro atoms. The predicted octanol–water partition coefficient (Wildman–Crippen LogP) is 0.317. The number of allylic oxidation sites excluding steroid dienone is 2. The lowest BCUT2D eigenvalue weighted by Gasteiger charge is -2.24. The van der Waals surface area contributed by atoms with E-state index in [0.717, 1.165) is 0 Å². The van der Waals surface area contributed by atoms with Gasteiger partial charge in [0.25, 0.3) is 0 Å². The van der Waals surface area contributed by atoms with Crippen molar-refractivity contribution in [2.45, 2.75) is 12.2 Å². The van der Waals surface area contributed by atoms with Crippen molar-refractivity contribution in [2.75, 3.05) is 7.11 Å². The van der Waals surface area contributed by atoms with Crippen molar-refractivity contribution >= 4 is 6.29 Å². The zero-order valence-electron chi connectivity index (χ0n) is 6.20. The number of ether oxygens (including phenoxy) is 1. The Morgan fingerprint density at radius 3 is 3.09 bits per heavy atom. The summed E-state index contributed by atoms with van der Waals surface area (Å²) in [5, 5.41) is 9.45. The standard InChI is InChI=1S/C8H9O3/c1-11-8(10)4-2-3-7(5-8)6-9/h2-4,10H,5H2,1H3. The Balaban J connectivity index is 2.76. The second kappa shape index (κ2) is 2.98. The van der Waals surface area contributed by atoms with Crippen LogP contribution in [-0.4, -0.2) is 24.3 Å². The van der Waals surface area contributed by atoms with Crippen LogP contribution in [0.5, 0.6) is 0 Å². The number of rotatable bonds is 2. The Morgan fingerprint density at radius 1 is 1.82 bits per heavy atom. The minimum absolute atomic E-state index is 0.170. The summed E-state index contributed by atoms with van der Waals surface area (Å²) in [4.78, 5) is 10.2. The van der Waals surface area contributed by atoms with Gasteiger partial charge in [-0.25, -0.2) is 0 Å². The summed E-state index contributed by atoms with van der Waals surface area (Å²) in [5.74, 6) is -1.32. The van der Waals surface area contributed by atoms with Crippen LogP contribution in [0.15, 0.2) is 23.8 Å². The molecule has 0 fully saturated rings. The van der Waals surface area contributed by atoms with Gasteiger partial charge >= 0.3 is 0 Å². The molecule has 1 radical (unpaired) electrons. The molecule has 1 unspecified atom stereocenters. The van der Waals surface area contributed by atoms with Crippen LogP contribution >= 0.6 is 0 Å². The second-order valence-electron chi connectivity index (χ2n) is 2.38. The minimum atomic E-state index is -1.32. The summed E-state index contributed by atoms with van der Waals surface area (Å²) in [5.41, 5.74) is 0.414. The topological polar surface area (TPSA) is 46.5 Å². The van der Waals surface area contributed by atoms with Gasteiger partial charge in [0.2, 0.25) is 6.29 Å². The molecule has 1 aliphatic rings. The highest BCUT2D eigenvalue weighted by molar-refractivity contribution is 5.75. The number of methoxy groups -OCH3 is 1. The summed E-state index contributed by atoms with van der Waals surface area (Å²) >= 11 is 0. The summed E-state index contributed by atoms with van der Waals surface area (Å²) in [7, 11) is 1.39. The third-order valence-corrected chi connectivity index (χ3v) is 1.58. The number of hydrogen-bond donors (Lipinski definition) is 1. The van der Waals surface area contributed by atoms with Gasteiger partial charge in [-0.05, 0) is 6.08 Å². The van der Waals surface area contributed by atoms with Gasteiger partial charge in [-0.15, -0.1) is 0 Å². The molecule has 0 aromatic heterocycles. The van der Waals surface area contributed by atoms with Crippen molar-refractivity contribution in [3.63, 3.8) is 0 Å². The Kier molecular flexibility index (Phi) is 2.22. The summed E-state index contributed by atoms with van der Waals surface area (Å²) in [6.45, 7) is 0. The summed E-state index contributed by atoms with van der Waals surface area (Å²) < 4.78 is 4.76. The van der Waals surface area contributed by atoms with Crippen molar-refractivity contribution in [2.24, 2.45) is 0 Å². The molecule has 11 heavy (non-hydrogen) atoms. The number of hydrogen-bond acceptors (Lipinski definition) is 3. The van der Waals surface area contributed by atoms with Crippen LogP contribution in [0.4, 0.5) is 0 Å². The van der Waals surface area contributed by atoms with Gasteiger partial charge in [-0.3, -0.25) is 4.79 Å². The van der Waals surface area contributed by atoms with E-state index in [2.05, 4.69) is 0 Å². The first-order chi connectivity index (χ1) is 5.20. The SMILES string of the molecule is COC1(O)C=CC=C([C]=O)C1. The molecule has 0 saturated heterocycles. The highest BCUT2D eigenvalue weighted by Gasteiger charge is 2.26. The lowest BCUT2D eigenvalue weighted by molar-refractivity contribution is -0.144. The first-order valence-corrected chi connectivity index (χ1v) is 3.24. The van der Waals surface area contributed by atoms with Crippen molar-refractivity contribution in [3.8, 4) is 0 Å². The summed E-state index contributed by atoms with van der Waals surface area (Å²) in [6.07, 6.45) is 6.55. The van der Waals surface area contributed by atoms with Crippen LogP contribution in [0.3, 0.4) is 0 Å². The molecule has 3 nitrogen and oxygen atoms in total. The molecule has 0 amide bonds. The normalized spacial score (nSPS) is 29.8. The Labute approximate surface area is 65.0 Å². The first-order valence-electron chi connectivity index (χ1n) is 3.24. The second-order valence-corrected chi connectivity index (χ2v) is 2.38. The number of carbonyl (C=O) groups excluding carboxylic acids is 1. The Bertz CT molecular complexity index is 217. The van der Waals surface area contributed by atoms with Crippen LogP contribution < -0.4 is 0 Å². The van der Waals surface area contributed by atoms with Gasteiger partial charge < -0.3 is 9.84 Å². The maximum atomic E-state index is 10.2. The van der Waals surface area contributed by atoms with E-state index < -0.39 is 5.79 Å². The van der Waals surface area contributed by atoms with Crippen molar-refractivity contribution in [3.05, 3.63) is 23.8 Å². The highest BCUT2D eigenvalue weighted by Crippen LogP contribution is 2.21. The van der Waals surface area contributed by atoms with E-state index in [4.69, 9.17) is 4.74 Å². The van der Waals surface area contributed by atoms with E-state index >= 15 is 0 Å². The van der Waals surface area contributed by atoms with E-state index in [9.17, 15) is 9.90 Å². The third-order valence-electron chi connectivity index (χ3n) is 1.58. The molecule has 59 valence electrons. The maximum absolute atomic E-state index is 10.2. The van der Waals surface area contributed by atoms with Crippen LogP contribution in [-0.2, 0) is 9.53 Å².